The van der Waals surface area contributed by atoms with Crippen LogP contribution < -0.4 is 5.32 Å². The fourth-order valence-electron chi connectivity index (χ4n) is 2.31. The third-order valence-electron chi connectivity index (χ3n) is 3.54. The molecule has 2 aromatic rings. The van der Waals surface area contributed by atoms with Gasteiger partial charge < -0.3 is 5.32 Å². The average Bonchev–Trinajstić information content (AvgIpc) is 2.40. The van der Waals surface area contributed by atoms with Crippen molar-refractivity contribution >= 4 is 15.9 Å². The van der Waals surface area contributed by atoms with E-state index >= 15 is 0 Å². The molecule has 3 heteroatoms. The Labute approximate surface area is 122 Å². The Kier molecular flexibility index (Phi) is 4.38. The molecule has 100 valence electrons. The largest absolute Gasteiger partial charge is 0.309 e. The zero-order chi connectivity index (χ0) is 14.0. The maximum absolute atomic E-state index is 14.3. The molecule has 0 radical (unpaired) electrons. The monoisotopic (exact) mass is 321 g/mol. The van der Waals surface area contributed by atoms with Crippen molar-refractivity contribution in [2.45, 2.75) is 19.9 Å². The van der Waals surface area contributed by atoms with Crippen molar-refractivity contribution in [3.05, 3.63) is 68.9 Å². The first-order valence-corrected chi connectivity index (χ1v) is 7.03. The minimum atomic E-state index is -0.206. The highest BCUT2D eigenvalue weighted by Crippen LogP contribution is 2.30. The summed E-state index contributed by atoms with van der Waals surface area (Å²) in [4.78, 5) is 0. The van der Waals surface area contributed by atoms with E-state index in [4.69, 9.17) is 0 Å². The topological polar surface area (TPSA) is 12.0 Å². The Morgan fingerprint density at radius 1 is 1.05 bits per heavy atom. The van der Waals surface area contributed by atoms with Crippen LogP contribution in [0.4, 0.5) is 4.39 Å². The van der Waals surface area contributed by atoms with Crippen molar-refractivity contribution in [1.29, 1.82) is 0 Å². The van der Waals surface area contributed by atoms with E-state index in [0.29, 0.717) is 10.0 Å². The molecule has 0 bridgehead atoms. The molecular weight excluding hydrogens is 305 g/mol. The Morgan fingerprint density at radius 2 is 1.68 bits per heavy atom. The van der Waals surface area contributed by atoms with E-state index in [1.165, 1.54) is 11.1 Å². The number of benzene rings is 2. The second kappa shape index (κ2) is 5.85. The molecule has 1 N–H and O–H groups in total. The molecule has 1 nitrogen and oxygen atoms in total. The smallest absolute Gasteiger partial charge is 0.142 e. The van der Waals surface area contributed by atoms with Gasteiger partial charge in [-0.1, -0.05) is 30.3 Å². The minimum Gasteiger partial charge on any atom is -0.309 e. The van der Waals surface area contributed by atoms with Gasteiger partial charge in [0, 0.05) is 5.56 Å². The average molecular weight is 322 g/mol. The van der Waals surface area contributed by atoms with Crippen LogP contribution in [0.5, 0.6) is 0 Å². The summed E-state index contributed by atoms with van der Waals surface area (Å²) >= 11 is 3.25. The highest BCUT2D eigenvalue weighted by Gasteiger charge is 2.19. The minimum absolute atomic E-state index is 0.141. The standard InChI is InChI=1S/C16H17BrFN/c1-10-6-4-7-12(11(10)2)16(19-3)13-8-5-9-14(17)15(13)18/h4-9,16,19H,1-3H3. The Hall–Kier alpha value is -1.19. The molecule has 0 aromatic heterocycles. The number of hydrogen-bond acceptors (Lipinski definition) is 1. The molecule has 0 saturated carbocycles. The summed E-state index contributed by atoms with van der Waals surface area (Å²) in [5.41, 5.74) is 4.18. The zero-order valence-corrected chi connectivity index (χ0v) is 12.9. The predicted molar refractivity (Wildman–Crippen MR) is 80.9 cm³/mol. The van der Waals surface area contributed by atoms with Crippen molar-refractivity contribution < 1.29 is 4.39 Å². The lowest BCUT2D eigenvalue weighted by molar-refractivity contribution is 0.570. The second-order valence-electron chi connectivity index (χ2n) is 4.65. The Bertz CT molecular complexity index is 544. The molecule has 0 aliphatic carbocycles. The van der Waals surface area contributed by atoms with Gasteiger partial charge in [-0.2, -0.15) is 0 Å². The molecule has 1 unspecified atom stereocenters. The maximum atomic E-state index is 14.3. The SMILES string of the molecule is CNC(c1cccc(C)c1C)c1cccc(Br)c1F. The summed E-state index contributed by atoms with van der Waals surface area (Å²) in [6, 6.07) is 11.4. The van der Waals surface area contributed by atoms with Gasteiger partial charge in [0.25, 0.3) is 0 Å². The van der Waals surface area contributed by atoms with E-state index in [2.05, 4.69) is 41.2 Å². The van der Waals surface area contributed by atoms with Gasteiger partial charge >= 0.3 is 0 Å². The lowest BCUT2D eigenvalue weighted by Crippen LogP contribution is -2.20. The van der Waals surface area contributed by atoms with Gasteiger partial charge in [0.05, 0.1) is 10.5 Å². The first-order chi connectivity index (χ1) is 9.06. The first kappa shape index (κ1) is 14.2. The zero-order valence-electron chi connectivity index (χ0n) is 11.3. The number of nitrogens with one attached hydrogen (secondary N) is 1. The van der Waals surface area contributed by atoms with Gasteiger partial charge in [-0.3, -0.25) is 0 Å². The summed E-state index contributed by atoms with van der Waals surface area (Å²) in [6.07, 6.45) is 0. The Balaban J connectivity index is 2.57. The van der Waals surface area contributed by atoms with Crippen LogP contribution in [-0.4, -0.2) is 7.05 Å². The van der Waals surface area contributed by atoms with Crippen LogP contribution in [0.25, 0.3) is 0 Å². The quantitative estimate of drug-likeness (QED) is 0.876. The van der Waals surface area contributed by atoms with Crippen LogP contribution in [0.2, 0.25) is 0 Å². The van der Waals surface area contributed by atoms with Crippen molar-refractivity contribution in [2.24, 2.45) is 0 Å². The van der Waals surface area contributed by atoms with Crippen LogP contribution in [0, 0.1) is 19.7 Å². The van der Waals surface area contributed by atoms with Crippen LogP contribution >= 0.6 is 15.9 Å². The third-order valence-corrected chi connectivity index (χ3v) is 4.15. The summed E-state index contributed by atoms with van der Waals surface area (Å²) in [5.74, 6) is -0.206. The molecule has 0 saturated heterocycles. The summed E-state index contributed by atoms with van der Waals surface area (Å²) < 4.78 is 14.8. The predicted octanol–water partition coefficient (Wildman–Crippen LogP) is 4.51. The van der Waals surface area contributed by atoms with Crippen molar-refractivity contribution in [3.8, 4) is 0 Å². The van der Waals surface area contributed by atoms with Crippen LogP contribution in [0.15, 0.2) is 40.9 Å². The van der Waals surface area contributed by atoms with E-state index in [0.717, 1.165) is 5.56 Å². The van der Waals surface area contributed by atoms with Crippen molar-refractivity contribution in [1.82, 2.24) is 5.32 Å². The van der Waals surface area contributed by atoms with Crippen LogP contribution in [0.1, 0.15) is 28.3 Å². The number of aryl methyl sites for hydroxylation is 1. The van der Waals surface area contributed by atoms with Gasteiger partial charge in [-0.25, -0.2) is 4.39 Å². The van der Waals surface area contributed by atoms with Crippen molar-refractivity contribution in [2.75, 3.05) is 7.05 Å². The number of rotatable bonds is 3. The van der Waals surface area contributed by atoms with Gasteiger partial charge in [0.15, 0.2) is 0 Å². The van der Waals surface area contributed by atoms with Gasteiger partial charge in [-0.05, 0) is 59.6 Å². The molecule has 2 aromatic carbocycles. The van der Waals surface area contributed by atoms with E-state index in [-0.39, 0.29) is 11.9 Å². The summed E-state index contributed by atoms with van der Waals surface area (Å²) in [5, 5.41) is 3.21. The van der Waals surface area contributed by atoms with E-state index in [1.807, 2.05) is 31.3 Å². The highest BCUT2D eigenvalue weighted by atomic mass is 79.9. The Morgan fingerprint density at radius 3 is 2.37 bits per heavy atom. The first-order valence-electron chi connectivity index (χ1n) is 6.23. The molecule has 1 atom stereocenters. The van der Waals surface area contributed by atoms with Crippen LogP contribution in [-0.2, 0) is 0 Å². The third kappa shape index (κ3) is 2.72. The van der Waals surface area contributed by atoms with Gasteiger partial charge in [0.2, 0.25) is 0 Å². The molecule has 19 heavy (non-hydrogen) atoms. The lowest BCUT2D eigenvalue weighted by atomic mass is 9.92. The number of halogens is 2. The summed E-state index contributed by atoms with van der Waals surface area (Å²) in [6.45, 7) is 4.15. The van der Waals surface area contributed by atoms with Crippen LogP contribution in [0.3, 0.4) is 0 Å². The van der Waals surface area contributed by atoms with Crippen molar-refractivity contribution in [3.63, 3.8) is 0 Å². The van der Waals surface area contributed by atoms with E-state index < -0.39 is 0 Å². The molecule has 0 amide bonds. The molecular formula is C16H17BrFN. The van der Waals surface area contributed by atoms with Gasteiger partial charge in [0.1, 0.15) is 5.82 Å². The normalized spacial score (nSPS) is 12.5. The molecule has 0 aliphatic rings. The molecule has 2 rings (SSSR count). The fourth-order valence-corrected chi connectivity index (χ4v) is 2.69. The van der Waals surface area contributed by atoms with Gasteiger partial charge in [-0.15, -0.1) is 0 Å². The maximum Gasteiger partial charge on any atom is 0.142 e. The number of hydrogen-bond donors (Lipinski definition) is 1. The molecule has 0 heterocycles. The second-order valence-corrected chi connectivity index (χ2v) is 5.51. The molecule has 0 fully saturated rings. The molecule has 0 spiro atoms. The van der Waals surface area contributed by atoms with E-state index in [1.54, 1.807) is 6.07 Å². The highest BCUT2D eigenvalue weighted by molar-refractivity contribution is 9.10. The summed E-state index contributed by atoms with van der Waals surface area (Å²) in [7, 11) is 1.85. The fraction of sp³-hybridized carbons (Fsp3) is 0.250. The molecule has 0 aliphatic heterocycles. The lowest BCUT2D eigenvalue weighted by Gasteiger charge is -2.21. The van der Waals surface area contributed by atoms with E-state index in [9.17, 15) is 4.39 Å².